The third kappa shape index (κ3) is 1.49. The van der Waals surface area contributed by atoms with Crippen LogP contribution in [0.3, 0.4) is 0 Å². The summed E-state index contributed by atoms with van der Waals surface area (Å²) in [6.07, 6.45) is 9.93. The van der Waals surface area contributed by atoms with Crippen molar-refractivity contribution in [3.05, 3.63) is 23.8 Å². The summed E-state index contributed by atoms with van der Waals surface area (Å²) in [6, 6.07) is 0. The van der Waals surface area contributed by atoms with Crippen LogP contribution in [0.5, 0.6) is 0 Å². The first kappa shape index (κ1) is 11.6. The highest BCUT2D eigenvalue weighted by Gasteiger charge is 2.51. The molecule has 2 aliphatic rings. The summed E-state index contributed by atoms with van der Waals surface area (Å²) in [6.45, 7) is 8.64. The van der Waals surface area contributed by atoms with Crippen molar-refractivity contribution in [3.63, 3.8) is 0 Å². The number of hydrogen-bond donors (Lipinski definition) is 0. The van der Waals surface area contributed by atoms with E-state index >= 15 is 0 Å². The van der Waals surface area contributed by atoms with Gasteiger partial charge in [-0.3, -0.25) is 0 Å². The Morgan fingerprint density at radius 1 is 1.38 bits per heavy atom. The highest BCUT2D eigenvalue weighted by atomic mass is 16.1. The first-order valence-corrected chi connectivity index (χ1v) is 6.34. The molecule has 0 unspecified atom stereocenters. The molecule has 0 heterocycles. The van der Waals surface area contributed by atoms with Crippen molar-refractivity contribution in [2.45, 2.75) is 52.4 Å². The molecule has 0 N–H and O–H groups in total. The molecule has 1 heteroatoms. The number of aldehydes is 1. The van der Waals surface area contributed by atoms with E-state index in [0.717, 1.165) is 32.1 Å². The van der Waals surface area contributed by atoms with Gasteiger partial charge in [-0.15, -0.1) is 0 Å². The zero-order valence-corrected chi connectivity index (χ0v) is 10.5. The Morgan fingerprint density at radius 3 is 2.56 bits per heavy atom. The highest BCUT2D eigenvalue weighted by Crippen LogP contribution is 2.58. The number of carbonyl (C=O) groups is 1. The summed E-state index contributed by atoms with van der Waals surface area (Å²) < 4.78 is 0. The van der Waals surface area contributed by atoms with Gasteiger partial charge in [0.25, 0.3) is 0 Å². The molecule has 1 nitrogen and oxygen atoms in total. The van der Waals surface area contributed by atoms with Crippen LogP contribution >= 0.6 is 0 Å². The second-order valence-electron chi connectivity index (χ2n) is 5.82. The second kappa shape index (κ2) is 3.87. The summed E-state index contributed by atoms with van der Waals surface area (Å²) in [4.78, 5) is 11.7. The van der Waals surface area contributed by atoms with Crippen LogP contribution < -0.4 is 0 Å². The Morgan fingerprint density at radius 2 is 2.12 bits per heavy atom. The third-order valence-electron chi connectivity index (χ3n) is 5.04. The van der Waals surface area contributed by atoms with Gasteiger partial charge in [0.2, 0.25) is 0 Å². The lowest BCUT2D eigenvalue weighted by Crippen LogP contribution is -2.41. The predicted molar refractivity (Wildman–Crippen MR) is 67.2 cm³/mol. The monoisotopic (exact) mass is 218 g/mol. The molecule has 0 aromatic rings. The Balaban J connectivity index is 2.35. The fourth-order valence-corrected chi connectivity index (χ4v) is 3.43. The lowest BCUT2D eigenvalue weighted by atomic mass is 9.57. The molecule has 1 saturated carbocycles. The van der Waals surface area contributed by atoms with E-state index in [-0.39, 0.29) is 10.8 Å². The molecule has 0 spiro atoms. The summed E-state index contributed by atoms with van der Waals surface area (Å²) in [7, 11) is 0. The smallest absolute Gasteiger partial charge is 0.127 e. The molecule has 16 heavy (non-hydrogen) atoms. The van der Waals surface area contributed by atoms with E-state index in [0.29, 0.717) is 0 Å². The fraction of sp³-hybridized carbons (Fsp3) is 0.667. The SMILES string of the molecule is C=C1CCC[C@]1(C)[C@@]1(C=O)CC=C(C)CC1. The van der Waals surface area contributed by atoms with E-state index in [1.54, 1.807) is 0 Å². The number of hydrogen-bond acceptors (Lipinski definition) is 1. The normalized spacial score (nSPS) is 39.6. The van der Waals surface area contributed by atoms with Crippen molar-refractivity contribution >= 4 is 6.29 Å². The Bertz CT molecular complexity index is 352. The fourth-order valence-electron chi connectivity index (χ4n) is 3.43. The Hall–Kier alpha value is -0.850. The summed E-state index contributed by atoms with van der Waals surface area (Å²) in [5.74, 6) is 0. The maximum Gasteiger partial charge on any atom is 0.127 e. The quantitative estimate of drug-likeness (QED) is 0.505. The van der Waals surface area contributed by atoms with Crippen LogP contribution in [0.15, 0.2) is 23.8 Å². The van der Waals surface area contributed by atoms with Crippen LogP contribution in [0.2, 0.25) is 0 Å². The minimum atomic E-state index is -0.167. The van der Waals surface area contributed by atoms with Gasteiger partial charge in [0, 0.05) is 10.8 Å². The van der Waals surface area contributed by atoms with Crippen molar-refractivity contribution in [3.8, 4) is 0 Å². The van der Waals surface area contributed by atoms with Crippen LogP contribution in [0.25, 0.3) is 0 Å². The molecule has 0 bridgehead atoms. The van der Waals surface area contributed by atoms with Crippen LogP contribution in [0.4, 0.5) is 0 Å². The van der Waals surface area contributed by atoms with E-state index < -0.39 is 0 Å². The molecular weight excluding hydrogens is 196 g/mol. The van der Waals surface area contributed by atoms with Gasteiger partial charge in [0.05, 0.1) is 0 Å². The maximum absolute atomic E-state index is 11.7. The molecule has 2 rings (SSSR count). The van der Waals surface area contributed by atoms with E-state index in [4.69, 9.17) is 0 Å². The number of allylic oxidation sites excluding steroid dienone is 3. The molecule has 0 aromatic heterocycles. The Kier molecular flexibility index (Phi) is 2.81. The van der Waals surface area contributed by atoms with Crippen LogP contribution in [-0.2, 0) is 4.79 Å². The molecule has 0 saturated heterocycles. The zero-order chi connectivity index (χ0) is 11.8. The molecule has 0 aromatic carbocycles. The molecule has 88 valence electrons. The molecular formula is C15H22O. The first-order valence-electron chi connectivity index (χ1n) is 6.34. The maximum atomic E-state index is 11.7. The van der Waals surface area contributed by atoms with Gasteiger partial charge in [-0.2, -0.15) is 0 Å². The highest BCUT2D eigenvalue weighted by molar-refractivity contribution is 5.64. The van der Waals surface area contributed by atoms with Crippen molar-refractivity contribution < 1.29 is 4.79 Å². The lowest BCUT2D eigenvalue weighted by Gasteiger charge is -2.45. The van der Waals surface area contributed by atoms with Crippen molar-refractivity contribution in [2.24, 2.45) is 10.8 Å². The standard InChI is InChI=1S/C15H22O/c1-12-6-9-15(11-16,10-7-12)14(3)8-4-5-13(14)2/h6,11H,2,4-5,7-10H2,1,3H3/t14-,15-/m0/s1. The summed E-state index contributed by atoms with van der Waals surface area (Å²) in [5, 5.41) is 0. The third-order valence-corrected chi connectivity index (χ3v) is 5.04. The van der Waals surface area contributed by atoms with Crippen molar-refractivity contribution in [2.75, 3.05) is 0 Å². The molecule has 2 aliphatic carbocycles. The van der Waals surface area contributed by atoms with Gasteiger partial charge in [-0.25, -0.2) is 0 Å². The minimum absolute atomic E-state index is 0.0476. The van der Waals surface area contributed by atoms with Crippen LogP contribution in [-0.4, -0.2) is 6.29 Å². The van der Waals surface area contributed by atoms with Gasteiger partial charge in [-0.05, 0) is 45.4 Å². The topological polar surface area (TPSA) is 17.1 Å². The predicted octanol–water partition coefficient (Wildman–Crippen LogP) is 4.05. The molecule has 1 fully saturated rings. The largest absolute Gasteiger partial charge is 0.303 e. The van der Waals surface area contributed by atoms with Gasteiger partial charge in [0.1, 0.15) is 6.29 Å². The molecule has 2 atom stereocenters. The molecule has 0 amide bonds. The van der Waals surface area contributed by atoms with E-state index in [2.05, 4.69) is 26.5 Å². The number of rotatable bonds is 2. The van der Waals surface area contributed by atoms with Gasteiger partial charge >= 0.3 is 0 Å². The van der Waals surface area contributed by atoms with E-state index in [1.165, 1.54) is 23.9 Å². The summed E-state index contributed by atoms with van der Waals surface area (Å²) >= 11 is 0. The molecule has 0 radical (unpaired) electrons. The zero-order valence-electron chi connectivity index (χ0n) is 10.5. The minimum Gasteiger partial charge on any atom is -0.303 e. The van der Waals surface area contributed by atoms with Gasteiger partial charge in [0.15, 0.2) is 0 Å². The molecule has 0 aliphatic heterocycles. The van der Waals surface area contributed by atoms with Crippen molar-refractivity contribution in [1.29, 1.82) is 0 Å². The van der Waals surface area contributed by atoms with Gasteiger partial charge < -0.3 is 4.79 Å². The van der Waals surface area contributed by atoms with Crippen LogP contribution in [0, 0.1) is 10.8 Å². The lowest BCUT2D eigenvalue weighted by molar-refractivity contribution is -0.122. The van der Waals surface area contributed by atoms with E-state index in [1.807, 2.05) is 0 Å². The van der Waals surface area contributed by atoms with Crippen LogP contribution in [0.1, 0.15) is 52.4 Å². The second-order valence-corrected chi connectivity index (χ2v) is 5.82. The average molecular weight is 218 g/mol. The summed E-state index contributed by atoms with van der Waals surface area (Å²) in [5.41, 5.74) is 2.61. The van der Waals surface area contributed by atoms with Crippen molar-refractivity contribution in [1.82, 2.24) is 0 Å². The first-order chi connectivity index (χ1) is 7.54. The van der Waals surface area contributed by atoms with Gasteiger partial charge in [-0.1, -0.05) is 30.7 Å². The average Bonchev–Trinajstić information content (AvgIpc) is 2.62. The Labute approximate surface area is 98.6 Å². The van der Waals surface area contributed by atoms with E-state index in [9.17, 15) is 4.79 Å². The number of carbonyl (C=O) groups excluding carboxylic acids is 1.